The molecule has 0 aliphatic heterocycles. The zero-order valence-corrected chi connectivity index (χ0v) is 34.5. The maximum atomic E-state index is 5.41. The van der Waals surface area contributed by atoms with Crippen molar-refractivity contribution < 1.29 is 0 Å². The van der Waals surface area contributed by atoms with Gasteiger partial charge in [-0.15, -0.1) is 0 Å². The zero-order valence-electron chi connectivity index (χ0n) is 34.5. The molecule has 4 aliphatic rings. The fourth-order valence-electron chi connectivity index (χ4n) is 11.7. The fraction of sp³-hybridized carbons (Fsp3) is 0.161. The van der Waals surface area contributed by atoms with Crippen molar-refractivity contribution in [1.29, 1.82) is 0 Å². The molecule has 0 radical (unpaired) electrons. The Kier molecular flexibility index (Phi) is 8.20. The first kappa shape index (κ1) is 36.2. The molecule has 5 unspecified atom stereocenters. The van der Waals surface area contributed by atoms with E-state index in [4.69, 9.17) is 34.9 Å². The number of rotatable bonds is 7. The van der Waals surface area contributed by atoms with Crippen LogP contribution in [0.1, 0.15) is 48.6 Å². The topological polar surface area (TPSA) is 90.2 Å². The number of pyridine rings is 1. The minimum Gasteiger partial charge on any atom is -0.241 e. The third kappa shape index (κ3) is 5.83. The standard InChI is InChI=1S/C56H41N7/c1-5-16-34(17-6-1)50-58-51(35-18-7-2-8-19-35)61-54(60-50)47-29-38(30-48(57-47)55-62-52(36-20-9-3-10-21-36)59-53(63-55)37-22-11-4-12-23-37)43-26-15-27-45-46-32-41-31-40-28-39(33-56(40,41)46)42-24-13-14-25-44(42)49(43)45/h1-27,29-30,39-41,46H,28,31-33H2. The molecule has 13 rings (SSSR count). The van der Waals surface area contributed by atoms with Gasteiger partial charge in [-0.2, -0.15) is 0 Å². The van der Waals surface area contributed by atoms with Gasteiger partial charge in [-0.3, -0.25) is 0 Å². The van der Waals surface area contributed by atoms with Crippen LogP contribution < -0.4 is 0 Å². The molecule has 5 atom stereocenters. The second-order valence-electron chi connectivity index (χ2n) is 17.7. The summed E-state index contributed by atoms with van der Waals surface area (Å²) in [4.78, 5) is 36.2. The number of aromatic nitrogens is 7. The van der Waals surface area contributed by atoms with E-state index in [1.54, 1.807) is 0 Å². The van der Waals surface area contributed by atoms with E-state index in [9.17, 15) is 0 Å². The molecule has 3 aromatic heterocycles. The Morgan fingerprint density at radius 1 is 0.349 bits per heavy atom. The van der Waals surface area contributed by atoms with Crippen molar-refractivity contribution in [3.05, 3.63) is 187 Å². The molecule has 6 aromatic carbocycles. The second kappa shape index (κ2) is 14.3. The SMILES string of the molecule is c1ccc(-c2nc(-c3ccccc3)nc(-c3cc(-c4cccc5c4-c4ccccc4C4CC6CC7CC5C67C4)cc(-c4nc(-c5ccccc5)nc(-c5ccccc5)n4)n3)n2)cc1. The van der Waals surface area contributed by atoms with Crippen molar-refractivity contribution >= 4 is 0 Å². The monoisotopic (exact) mass is 811 g/mol. The Morgan fingerprint density at radius 2 is 0.778 bits per heavy atom. The van der Waals surface area contributed by atoms with Crippen LogP contribution in [0.15, 0.2) is 176 Å². The predicted octanol–water partition coefficient (Wildman–Crippen LogP) is 12.8. The molecule has 7 nitrogen and oxygen atoms in total. The molecule has 63 heavy (non-hydrogen) atoms. The van der Waals surface area contributed by atoms with Crippen molar-refractivity contribution in [1.82, 2.24) is 34.9 Å². The summed E-state index contributed by atoms with van der Waals surface area (Å²) in [5.74, 6) is 6.07. The van der Waals surface area contributed by atoms with Gasteiger partial charge in [-0.25, -0.2) is 34.9 Å². The zero-order chi connectivity index (χ0) is 41.5. The molecule has 7 heteroatoms. The van der Waals surface area contributed by atoms with E-state index in [-0.39, 0.29) is 0 Å². The molecule has 0 N–H and O–H groups in total. The van der Waals surface area contributed by atoms with Gasteiger partial charge in [0.1, 0.15) is 11.4 Å². The molecule has 0 saturated heterocycles. The predicted molar refractivity (Wildman–Crippen MR) is 248 cm³/mol. The fourth-order valence-corrected chi connectivity index (χ4v) is 11.7. The Labute approximate surface area is 366 Å². The van der Waals surface area contributed by atoms with Gasteiger partial charge in [0.15, 0.2) is 34.9 Å². The molecule has 0 amide bonds. The van der Waals surface area contributed by atoms with Gasteiger partial charge in [0.25, 0.3) is 0 Å². The van der Waals surface area contributed by atoms with Gasteiger partial charge < -0.3 is 0 Å². The van der Waals surface area contributed by atoms with E-state index in [1.807, 2.05) is 121 Å². The van der Waals surface area contributed by atoms with Crippen LogP contribution >= 0.6 is 0 Å². The minimum absolute atomic E-state index is 0.430. The summed E-state index contributed by atoms with van der Waals surface area (Å²) in [5.41, 5.74) is 13.1. The van der Waals surface area contributed by atoms with Crippen LogP contribution in [-0.2, 0) is 0 Å². The first-order chi connectivity index (χ1) is 31.2. The Balaban J connectivity index is 1.08. The van der Waals surface area contributed by atoms with Crippen molar-refractivity contribution in [2.75, 3.05) is 0 Å². The van der Waals surface area contributed by atoms with Crippen molar-refractivity contribution in [3.8, 4) is 90.8 Å². The van der Waals surface area contributed by atoms with E-state index in [0.29, 0.717) is 63.6 Å². The second-order valence-corrected chi connectivity index (χ2v) is 17.7. The lowest BCUT2D eigenvalue weighted by atomic mass is 9.37. The van der Waals surface area contributed by atoms with Gasteiger partial charge in [-0.05, 0) is 100 Å². The smallest absolute Gasteiger partial charge is 0.182 e. The summed E-state index contributed by atoms with van der Waals surface area (Å²) in [6.45, 7) is 0. The van der Waals surface area contributed by atoms with Crippen LogP contribution in [0.5, 0.6) is 0 Å². The highest BCUT2D eigenvalue weighted by Gasteiger charge is 2.70. The molecule has 1 spiro atoms. The summed E-state index contributed by atoms with van der Waals surface area (Å²) in [5, 5.41) is 0. The normalized spacial score (nSPS) is 21.1. The molecule has 4 aliphatic carbocycles. The summed E-state index contributed by atoms with van der Waals surface area (Å²) >= 11 is 0. The molecule has 3 saturated carbocycles. The number of fused-ring (bicyclic) bond motifs is 6. The highest BCUT2D eigenvalue weighted by molar-refractivity contribution is 5.90. The number of nitrogens with zero attached hydrogens (tertiary/aromatic N) is 7. The van der Waals surface area contributed by atoms with Crippen LogP contribution in [0.25, 0.3) is 90.8 Å². The third-order valence-electron chi connectivity index (χ3n) is 14.6. The lowest BCUT2D eigenvalue weighted by Gasteiger charge is -2.67. The Bertz CT molecular complexity index is 2950. The van der Waals surface area contributed by atoms with Crippen LogP contribution in [-0.4, -0.2) is 34.9 Å². The lowest BCUT2D eigenvalue weighted by molar-refractivity contribution is -0.144. The summed E-state index contributed by atoms with van der Waals surface area (Å²) in [7, 11) is 0. The molecule has 3 heterocycles. The highest BCUT2D eigenvalue weighted by atomic mass is 15.1. The maximum Gasteiger partial charge on any atom is 0.182 e. The molecule has 300 valence electrons. The van der Waals surface area contributed by atoms with E-state index in [1.165, 1.54) is 53.5 Å². The first-order valence-corrected chi connectivity index (χ1v) is 22.2. The highest BCUT2D eigenvalue weighted by Crippen LogP contribution is 2.80. The van der Waals surface area contributed by atoms with Crippen LogP contribution in [0.2, 0.25) is 0 Å². The van der Waals surface area contributed by atoms with Crippen molar-refractivity contribution in [2.24, 2.45) is 17.3 Å². The molecule has 9 aromatic rings. The summed E-state index contributed by atoms with van der Waals surface area (Å²) in [6.07, 6.45) is 5.29. The van der Waals surface area contributed by atoms with Crippen LogP contribution in [0.3, 0.4) is 0 Å². The van der Waals surface area contributed by atoms with Gasteiger partial charge in [0.05, 0.1) is 0 Å². The Hall–Kier alpha value is -7.51. The Morgan fingerprint density at radius 3 is 1.29 bits per heavy atom. The molecular weight excluding hydrogens is 771 g/mol. The van der Waals surface area contributed by atoms with E-state index in [0.717, 1.165) is 39.7 Å². The quantitative estimate of drug-likeness (QED) is 0.158. The largest absolute Gasteiger partial charge is 0.241 e. The first-order valence-electron chi connectivity index (χ1n) is 22.2. The average molecular weight is 812 g/mol. The summed E-state index contributed by atoms with van der Waals surface area (Å²) < 4.78 is 0. The van der Waals surface area contributed by atoms with Gasteiger partial charge in [-0.1, -0.05) is 164 Å². The van der Waals surface area contributed by atoms with Crippen LogP contribution in [0, 0.1) is 17.3 Å². The van der Waals surface area contributed by atoms with Gasteiger partial charge in [0.2, 0.25) is 0 Å². The maximum absolute atomic E-state index is 5.41. The molecule has 3 fully saturated rings. The number of hydrogen-bond acceptors (Lipinski definition) is 7. The minimum atomic E-state index is 0.430. The van der Waals surface area contributed by atoms with Crippen molar-refractivity contribution in [2.45, 2.75) is 37.5 Å². The van der Waals surface area contributed by atoms with Crippen molar-refractivity contribution in [3.63, 3.8) is 0 Å². The number of hydrogen-bond donors (Lipinski definition) is 0. The third-order valence-corrected chi connectivity index (χ3v) is 14.6. The lowest BCUT2D eigenvalue weighted by Crippen LogP contribution is -2.59. The van der Waals surface area contributed by atoms with Gasteiger partial charge >= 0.3 is 0 Å². The molecular formula is C56H41N7. The van der Waals surface area contributed by atoms with Gasteiger partial charge in [0, 0.05) is 22.3 Å². The van der Waals surface area contributed by atoms with E-state index < -0.39 is 0 Å². The summed E-state index contributed by atoms with van der Waals surface area (Å²) in [6, 6.07) is 60.9. The average Bonchev–Trinajstić information content (AvgIpc) is 3.72. The van der Waals surface area contributed by atoms with Crippen LogP contribution in [0.4, 0.5) is 0 Å². The van der Waals surface area contributed by atoms with E-state index >= 15 is 0 Å². The number of benzene rings is 6. The molecule has 2 bridgehead atoms. The van der Waals surface area contributed by atoms with E-state index in [2.05, 4.69) is 54.6 Å².